The minimum atomic E-state index is -0.840. The van der Waals surface area contributed by atoms with Crippen molar-refractivity contribution in [3.8, 4) is 0 Å². The van der Waals surface area contributed by atoms with Gasteiger partial charge in [-0.05, 0) is 44.2 Å². The number of hydrogen-bond acceptors (Lipinski definition) is 3. The molecule has 0 unspecified atom stereocenters. The molecular weight excluding hydrogens is 258 g/mol. The third kappa shape index (κ3) is 5.33. The van der Waals surface area contributed by atoms with E-state index in [-0.39, 0.29) is 11.0 Å². The van der Waals surface area contributed by atoms with Gasteiger partial charge in [-0.3, -0.25) is 0 Å². The lowest BCUT2D eigenvalue weighted by atomic mass is 9.82. The number of rotatable bonds is 5. The number of nitrogens with one attached hydrogen (secondary N) is 1. The first-order chi connectivity index (χ1) is 8.50. The van der Waals surface area contributed by atoms with Gasteiger partial charge in [0.1, 0.15) is 4.88 Å². The molecule has 0 aromatic carbocycles. The third-order valence-corrected chi connectivity index (χ3v) is 4.04. The molecule has 0 saturated heterocycles. The van der Waals surface area contributed by atoms with Crippen LogP contribution in [0.3, 0.4) is 0 Å². The van der Waals surface area contributed by atoms with Gasteiger partial charge in [-0.2, -0.15) is 0 Å². The highest BCUT2D eigenvalue weighted by molar-refractivity contribution is 7.14. The van der Waals surface area contributed by atoms with Crippen LogP contribution in [0.5, 0.6) is 0 Å². The molecule has 4 heteroatoms. The van der Waals surface area contributed by atoms with Crippen LogP contribution in [0.25, 0.3) is 0 Å². The Morgan fingerprint density at radius 2 is 1.89 bits per heavy atom. The van der Waals surface area contributed by atoms with E-state index in [0.717, 1.165) is 23.4 Å². The van der Waals surface area contributed by atoms with Crippen LogP contribution in [0, 0.1) is 12.3 Å². The molecule has 0 radical (unpaired) electrons. The Morgan fingerprint density at radius 1 is 1.32 bits per heavy atom. The van der Waals surface area contributed by atoms with Crippen molar-refractivity contribution >= 4 is 17.3 Å². The van der Waals surface area contributed by atoms with Crippen molar-refractivity contribution in [3.63, 3.8) is 0 Å². The van der Waals surface area contributed by atoms with E-state index in [4.69, 9.17) is 5.11 Å². The maximum absolute atomic E-state index is 10.9. The molecule has 1 rings (SSSR count). The highest BCUT2D eigenvalue weighted by Gasteiger charge is 2.25. The van der Waals surface area contributed by atoms with Crippen LogP contribution in [-0.2, 0) is 6.54 Å². The van der Waals surface area contributed by atoms with Crippen LogP contribution in [-0.4, -0.2) is 16.6 Å². The second-order valence-corrected chi connectivity index (χ2v) is 8.23. The molecular formula is C15H25NO2S. The molecule has 2 N–H and O–H groups in total. The Kier molecular flexibility index (Phi) is 4.80. The first kappa shape index (κ1) is 16.2. The molecule has 19 heavy (non-hydrogen) atoms. The molecule has 1 aromatic heterocycles. The average molecular weight is 283 g/mol. The number of carboxylic acids is 1. The van der Waals surface area contributed by atoms with Gasteiger partial charge in [0.2, 0.25) is 0 Å². The summed E-state index contributed by atoms with van der Waals surface area (Å²) in [5.41, 5.74) is 1.40. The Morgan fingerprint density at radius 3 is 2.32 bits per heavy atom. The molecule has 0 saturated carbocycles. The lowest BCUT2D eigenvalue weighted by Gasteiger charge is -2.33. The highest BCUT2D eigenvalue weighted by Crippen LogP contribution is 2.28. The number of aromatic carboxylic acids is 1. The van der Waals surface area contributed by atoms with E-state index in [2.05, 4.69) is 39.9 Å². The van der Waals surface area contributed by atoms with Crippen LogP contribution >= 0.6 is 11.3 Å². The van der Waals surface area contributed by atoms with Crippen LogP contribution in [0.15, 0.2) is 6.07 Å². The van der Waals surface area contributed by atoms with Crippen LogP contribution < -0.4 is 5.32 Å². The van der Waals surface area contributed by atoms with Crippen LogP contribution in [0.2, 0.25) is 0 Å². The second-order valence-electron chi connectivity index (χ2n) is 6.97. The van der Waals surface area contributed by atoms with Gasteiger partial charge in [-0.1, -0.05) is 20.8 Å². The molecule has 0 aliphatic heterocycles. The molecule has 0 aliphatic rings. The molecule has 0 aliphatic carbocycles. The lowest BCUT2D eigenvalue weighted by molar-refractivity contribution is 0.0702. The van der Waals surface area contributed by atoms with Crippen LogP contribution in [0.4, 0.5) is 0 Å². The van der Waals surface area contributed by atoms with Gasteiger partial charge in [-0.15, -0.1) is 11.3 Å². The predicted molar refractivity (Wildman–Crippen MR) is 81.0 cm³/mol. The van der Waals surface area contributed by atoms with Crippen molar-refractivity contribution < 1.29 is 9.90 Å². The summed E-state index contributed by atoms with van der Waals surface area (Å²) in [7, 11) is 0. The topological polar surface area (TPSA) is 49.3 Å². The van der Waals surface area contributed by atoms with Crippen molar-refractivity contribution in [2.45, 2.75) is 60.0 Å². The first-order valence-corrected chi connectivity index (χ1v) is 7.39. The summed E-state index contributed by atoms with van der Waals surface area (Å²) in [4.78, 5) is 12.4. The van der Waals surface area contributed by atoms with E-state index < -0.39 is 5.97 Å². The van der Waals surface area contributed by atoms with Gasteiger partial charge in [0.05, 0.1) is 0 Å². The molecule has 0 amide bonds. The Balaban J connectivity index is 2.68. The Hall–Kier alpha value is -0.870. The number of aryl methyl sites for hydroxylation is 1. The van der Waals surface area contributed by atoms with Crippen molar-refractivity contribution in [1.82, 2.24) is 5.32 Å². The SMILES string of the molecule is Cc1sc(C(=O)O)cc1CNC(C)(C)CC(C)(C)C. The zero-order chi connectivity index (χ0) is 14.8. The molecule has 108 valence electrons. The van der Waals surface area contributed by atoms with Crippen molar-refractivity contribution in [2.24, 2.45) is 5.41 Å². The Bertz CT molecular complexity index is 455. The number of carbonyl (C=O) groups is 1. The summed E-state index contributed by atoms with van der Waals surface area (Å²) in [6.45, 7) is 13.8. The van der Waals surface area contributed by atoms with Crippen molar-refractivity contribution in [1.29, 1.82) is 0 Å². The fourth-order valence-corrected chi connectivity index (χ4v) is 3.40. The maximum atomic E-state index is 10.9. The smallest absolute Gasteiger partial charge is 0.345 e. The maximum Gasteiger partial charge on any atom is 0.345 e. The van der Waals surface area contributed by atoms with Gasteiger partial charge in [-0.25, -0.2) is 4.79 Å². The average Bonchev–Trinajstić information content (AvgIpc) is 2.53. The van der Waals surface area contributed by atoms with Gasteiger partial charge in [0, 0.05) is 17.0 Å². The van der Waals surface area contributed by atoms with E-state index in [9.17, 15) is 4.79 Å². The van der Waals surface area contributed by atoms with Crippen LogP contribution in [0.1, 0.15) is 61.2 Å². The molecule has 1 heterocycles. The fraction of sp³-hybridized carbons (Fsp3) is 0.667. The quantitative estimate of drug-likeness (QED) is 0.856. The van der Waals surface area contributed by atoms with E-state index in [1.54, 1.807) is 6.07 Å². The zero-order valence-electron chi connectivity index (χ0n) is 12.8. The molecule has 0 spiro atoms. The van der Waals surface area contributed by atoms with E-state index in [1.807, 2.05) is 6.92 Å². The summed E-state index contributed by atoms with van der Waals surface area (Å²) < 4.78 is 0. The highest BCUT2D eigenvalue weighted by atomic mass is 32.1. The van der Waals surface area contributed by atoms with E-state index in [0.29, 0.717) is 4.88 Å². The molecule has 0 fully saturated rings. The van der Waals surface area contributed by atoms with Gasteiger partial charge < -0.3 is 10.4 Å². The second kappa shape index (κ2) is 5.63. The minimum Gasteiger partial charge on any atom is -0.477 e. The molecule has 3 nitrogen and oxygen atoms in total. The monoisotopic (exact) mass is 283 g/mol. The summed E-state index contributed by atoms with van der Waals surface area (Å²) in [6, 6.07) is 1.78. The third-order valence-electron chi connectivity index (χ3n) is 2.96. The van der Waals surface area contributed by atoms with Gasteiger partial charge in [0.25, 0.3) is 0 Å². The fourth-order valence-electron chi connectivity index (χ4n) is 2.52. The summed E-state index contributed by atoms with van der Waals surface area (Å²) in [6.07, 6.45) is 1.06. The first-order valence-electron chi connectivity index (χ1n) is 6.58. The van der Waals surface area contributed by atoms with Crippen molar-refractivity contribution in [2.75, 3.05) is 0 Å². The number of thiophene rings is 1. The lowest BCUT2D eigenvalue weighted by Crippen LogP contribution is -2.41. The van der Waals surface area contributed by atoms with Gasteiger partial charge in [0.15, 0.2) is 0 Å². The zero-order valence-corrected chi connectivity index (χ0v) is 13.6. The normalized spacial score (nSPS) is 12.7. The molecule has 0 bridgehead atoms. The summed E-state index contributed by atoms with van der Waals surface area (Å²) in [5, 5.41) is 12.5. The van der Waals surface area contributed by atoms with E-state index >= 15 is 0 Å². The largest absolute Gasteiger partial charge is 0.477 e. The number of hydrogen-bond donors (Lipinski definition) is 2. The summed E-state index contributed by atoms with van der Waals surface area (Å²) in [5.74, 6) is -0.840. The van der Waals surface area contributed by atoms with Crippen molar-refractivity contribution in [3.05, 3.63) is 21.4 Å². The molecule has 0 atom stereocenters. The predicted octanol–water partition coefficient (Wildman–Crippen LogP) is 4.06. The molecule has 1 aromatic rings. The summed E-state index contributed by atoms with van der Waals surface area (Å²) >= 11 is 1.35. The van der Waals surface area contributed by atoms with Gasteiger partial charge >= 0.3 is 5.97 Å². The standard InChI is InChI=1S/C15H25NO2S/c1-10-11(7-12(19-10)13(17)18)8-16-15(5,6)9-14(2,3)4/h7,16H,8-9H2,1-6H3,(H,17,18). The Labute approximate surface area is 120 Å². The number of carboxylic acid groups (broad SMARTS) is 1. The minimum absolute atomic E-state index is 0.0377. The van der Waals surface area contributed by atoms with E-state index in [1.165, 1.54) is 11.3 Å².